The van der Waals surface area contributed by atoms with Gasteiger partial charge in [0.25, 0.3) is 0 Å². The van der Waals surface area contributed by atoms with E-state index in [1.807, 2.05) is 21.1 Å². The summed E-state index contributed by atoms with van der Waals surface area (Å²) in [5.41, 5.74) is 0. The number of hydrogen-bond donors (Lipinski definition) is 1. The SMILES string of the molecule is CC/C=C/C/C=C/C/C=C/C/C=C/C/C=C/C/C=C/CCCCCC(=O)OC(COCCC(C(=O)O)[N+](C)(C)C)COC(=O)CCCCCCCCC/C=C/CCCCCCCCCCCCCC. The Morgan fingerprint density at radius 3 is 1.23 bits per heavy atom. The third kappa shape index (κ3) is 49.3. The molecule has 2 unspecified atom stereocenters. The Kier molecular flexibility index (Phi) is 48.3. The first kappa shape index (κ1) is 65.5. The molecule has 1 N–H and O–H groups in total. The smallest absolute Gasteiger partial charge is 0.362 e. The van der Waals surface area contributed by atoms with Gasteiger partial charge in [-0.25, -0.2) is 4.79 Å². The predicted molar refractivity (Wildman–Crippen MR) is 293 cm³/mol. The van der Waals surface area contributed by atoms with Crippen LogP contribution in [-0.4, -0.2) is 80.6 Å². The first-order chi connectivity index (χ1) is 33.6. The van der Waals surface area contributed by atoms with E-state index in [2.05, 4.69) is 98.9 Å². The van der Waals surface area contributed by atoms with E-state index in [1.54, 1.807) is 0 Å². The number of carbonyl (C=O) groups excluding carboxylic acids is 2. The van der Waals surface area contributed by atoms with E-state index >= 15 is 0 Å². The second-order valence-corrected chi connectivity index (χ2v) is 19.8. The van der Waals surface area contributed by atoms with E-state index in [9.17, 15) is 19.5 Å². The monoisotopic (exact) mass is 965 g/mol. The van der Waals surface area contributed by atoms with Crippen molar-refractivity contribution >= 4 is 17.9 Å². The zero-order chi connectivity index (χ0) is 50.6. The summed E-state index contributed by atoms with van der Waals surface area (Å²) in [6.45, 7) is 4.60. The molecule has 0 bridgehead atoms. The summed E-state index contributed by atoms with van der Waals surface area (Å²) in [4.78, 5) is 37.3. The lowest BCUT2D eigenvalue weighted by molar-refractivity contribution is -0.887. The first-order valence-corrected chi connectivity index (χ1v) is 28.1. The minimum atomic E-state index is -0.883. The van der Waals surface area contributed by atoms with Crippen molar-refractivity contribution in [3.63, 3.8) is 0 Å². The molecule has 0 fully saturated rings. The average Bonchev–Trinajstić information content (AvgIpc) is 3.31. The van der Waals surface area contributed by atoms with Crippen LogP contribution in [0.5, 0.6) is 0 Å². The number of esters is 2. The molecule has 0 heterocycles. The van der Waals surface area contributed by atoms with Crippen LogP contribution in [0.1, 0.15) is 232 Å². The molecule has 0 aromatic heterocycles. The molecule has 0 saturated heterocycles. The quantitative estimate of drug-likeness (QED) is 0.0281. The molecule has 0 aliphatic rings. The Morgan fingerprint density at radius 1 is 0.449 bits per heavy atom. The molecular weight excluding hydrogens is 859 g/mol. The number of quaternary nitrogens is 1. The molecule has 0 amide bonds. The number of likely N-dealkylation sites (N-methyl/N-ethyl adjacent to an activating group) is 1. The molecule has 0 aliphatic heterocycles. The summed E-state index contributed by atoms with van der Waals surface area (Å²) in [5, 5.41) is 9.67. The maximum absolute atomic E-state index is 12.8. The summed E-state index contributed by atoms with van der Waals surface area (Å²) in [6.07, 6.45) is 67.9. The Bertz CT molecular complexity index is 1400. The van der Waals surface area contributed by atoms with Gasteiger partial charge in [-0.3, -0.25) is 9.59 Å². The fourth-order valence-electron chi connectivity index (χ4n) is 7.97. The number of rotatable bonds is 50. The van der Waals surface area contributed by atoms with Crippen molar-refractivity contribution in [3.8, 4) is 0 Å². The highest BCUT2D eigenvalue weighted by Crippen LogP contribution is 2.15. The van der Waals surface area contributed by atoms with Crippen LogP contribution in [-0.2, 0) is 28.6 Å². The zero-order valence-electron chi connectivity index (χ0n) is 45.2. The second kappa shape index (κ2) is 50.9. The molecule has 0 rings (SSSR count). The van der Waals surface area contributed by atoms with E-state index < -0.39 is 18.1 Å². The van der Waals surface area contributed by atoms with E-state index in [0.29, 0.717) is 12.8 Å². The van der Waals surface area contributed by atoms with E-state index in [-0.39, 0.29) is 42.7 Å². The topological polar surface area (TPSA) is 99.1 Å². The first-order valence-electron chi connectivity index (χ1n) is 28.1. The molecule has 0 aliphatic carbocycles. The Hall–Kier alpha value is -3.49. The van der Waals surface area contributed by atoms with Gasteiger partial charge in [0.1, 0.15) is 6.61 Å². The van der Waals surface area contributed by atoms with Crippen LogP contribution < -0.4 is 0 Å². The van der Waals surface area contributed by atoms with Crippen LogP contribution in [0.15, 0.2) is 85.1 Å². The van der Waals surface area contributed by atoms with Crippen LogP contribution in [0.3, 0.4) is 0 Å². The van der Waals surface area contributed by atoms with Crippen LogP contribution >= 0.6 is 0 Å². The van der Waals surface area contributed by atoms with Crippen molar-refractivity contribution in [2.45, 2.75) is 244 Å². The molecular formula is C61H106NO7+. The molecule has 0 saturated carbocycles. The zero-order valence-corrected chi connectivity index (χ0v) is 45.2. The summed E-state index contributed by atoms with van der Waals surface area (Å²) in [6, 6.07) is -0.627. The molecule has 396 valence electrons. The molecule has 8 nitrogen and oxygen atoms in total. The van der Waals surface area contributed by atoms with Crippen LogP contribution in [0.2, 0.25) is 0 Å². The predicted octanol–water partition coefficient (Wildman–Crippen LogP) is 16.8. The van der Waals surface area contributed by atoms with Crippen molar-refractivity contribution in [1.29, 1.82) is 0 Å². The van der Waals surface area contributed by atoms with Gasteiger partial charge in [-0.15, -0.1) is 0 Å². The van der Waals surface area contributed by atoms with Crippen LogP contribution in [0.4, 0.5) is 0 Å². The van der Waals surface area contributed by atoms with Crippen molar-refractivity contribution < 1.29 is 38.2 Å². The molecule has 2 atom stereocenters. The highest BCUT2D eigenvalue weighted by Gasteiger charge is 2.31. The molecule has 8 heteroatoms. The molecule has 0 spiro atoms. The van der Waals surface area contributed by atoms with Crippen LogP contribution in [0, 0.1) is 0 Å². The third-order valence-corrected chi connectivity index (χ3v) is 12.3. The van der Waals surface area contributed by atoms with Gasteiger partial charge in [-0.2, -0.15) is 0 Å². The normalized spacial score (nSPS) is 13.5. The number of hydrogen-bond acceptors (Lipinski definition) is 6. The fourth-order valence-corrected chi connectivity index (χ4v) is 7.97. The number of aliphatic carboxylic acids is 1. The number of unbranched alkanes of at least 4 members (excludes halogenated alkanes) is 22. The van der Waals surface area contributed by atoms with Gasteiger partial charge in [0.05, 0.1) is 34.4 Å². The fraction of sp³-hybridized carbons (Fsp3) is 0.721. The highest BCUT2D eigenvalue weighted by atomic mass is 16.6. The van der Waals surface area contributed by atoms with Gasteiger partial charge in [0.2, 0.25) is 0 Å². The molecule has 69 heavy (non-hydrogen) atoms. The summed E-state index contributed by atoms with van der Waals surface area (Å²) < 4.78 is 17.4. The Morgan fingerprint density at radius 2 is 0.812 bits per heavy atom. The van der Waals surface area contributed by atoms with Gasteiger partial charge in [-0.05, 0) is 89.9 Å². The Labute approximate surface area is 424 Å². The number of carboxylic acid groups (broad SMARTS) is 1. The van der Waals surface area contributed by atoms with Gasteiger partial charge in [-0.1, -0.05) is 208 Å². The number of allylic oxidation sites excluding steroid dienone is 14. The number of carboxylic acids is 1. The second-order valence-electron chi connectivity index (χ2n) is 19.8. The van der Waals surface area contributed by atoms with Gasteiger partial charge >= 0.3 is 17.9 Å². The van der Waals surface area contributed by atoms with Crippen LogP contribution in [0.25, 0.3) is 0 Å². The lowest BCUT2D eigenvalue weighted by Crippen LogP contribution is -2.50. The Balaban J connectivity index is 4.27. The summed E-state index contributed by atoms with van der Waals surface area (Å²) in [5.74, 6) is -1.52. The minimum Gasteiger partial charge on any atom is -0.477 e. The standard InChI is InChI=1S/C61H105NO7/c1-6-8-10-12-14-16-18-20-22-24-26-28-30-32-33-35-37-39-41-43-45-47-49-51-59(63)68-56-57(55-67-54-53-58(61(65)66)62(3,4)5)69-60(64)52-50-48-46-44-42-40-38-36-34-31-29-27-25-23-21-19-17-15-13-11-9-7-2/h9,11,15,17,21,23,27,29,32-34,36,40,42,57-58H,6-8,10,12-14,16,18-20,22,24-26,28,30-31,35,37-39,41,43-56H2,1-5H3/p+1/b11-9+,17-15+,23-21+,29-27+,33-32+,36-34+,42-40+. The van der Waals surface area contributed by atoms with Gasteiger partial charge < -0.3 is 23.8 Å². The van der Waals surface area contributed by atoms with E-state index in [4.69, 9.17) is 14.2 Å². The van der Waals surface area contributed by atoms with Crippen molar-refractivity contribution in [3.05, 3.63) is 85.1 Å². The molecule has 0 aromatic carbocycles. The lowest BCUT2D eigenvalue weighted by atomic mass is 10.0. The lowest BCUT2D eigenvalue weighted by Gasteiger charge is -2.31. The maximum atomic E-state index is 12.8. The number of ether oxygens (including phenoxy) is 3. The van der Waals surface area contributed by atoms with Gasteiger partial charge in [0.15, 0.2) is 12.1 Å². The van der Waals surface area contributed by atoms with Crippen molar-refractivity contribution in [1.82, 2.24) is 0 Å². The molecule has 0 radical (unpaired) electrons. The summed E-state index contributed by atoms with van der Waals surface area (Å²) in [7, 11) is 5.52. The van der Waals surface area contributed by atoms with Crippen molar-refractivity contribution in [2.75, 3.05) is 41.0 Å². The highest BCUT2D eigenvalue weighted by molar-refractivity contribution is 5.72. The largest absolute Gasteiger partial charge is 0.477 e. The van der Waals surface area contributed by atoms with E-state index in [0.717, 1.165) is 83.5 Å². The third-order valence-electron chi connectivity index (χ3n) is 12.3. The van der Waals surface area contributed by atoms with Crippen molar-refractivity contribution in [2.24, 2.45) is 0 Å². The van der Waals surface area contributed by atoms with Gasteiger partial charge in [0, 0.05) is 19.3 Å². The maximum Gasteiger partial charge on any atom is 0.362 e. The average molecular weight is 966 g/mol. The summed E-state index contributed by atoms with van der Waals surface area (Å²) >= 11 is 0. The molecule has 0 aromatic rings. The van der Waals surface area contributed by atoms with E-state index in [1.165, 1.54) is 116 Å². The minimum absolute atomic E-state index is 0.0421. The number of carbonyl (C=O) groups is 3. The number of nitrogens with zero attached hydrogens (tertiary/aromatic N) is 1.